The molecular weight excluding hydrogens is 306 g/mol. The molecule has 3 N–H and O–H groups in total. The Morgan fingerprint density at radius 1 is 1.38 bits per heavy atom. The van der Waals surface area contributed by atoms with Crippen molar-refractivity contribution in [1.29, 1.82) is 0 Å². The maximum atomic E-state index is 12.7. The molecule has 0 aliphatic carbocycles. The standard InChI is InChI=1S/C18H21N3O3/c1-12-6-7-13(18(23)21-8-2-4-14(21)11-19)10-15(12)20-17(22)16-5-3-9-24-16/h3,5-7,9-10,14H,2,4,8,11,19H2,1H3,(H,20,22). The molecule has 0 saturated carbocycles. The van der Waals surface area contributed by atoms with Gasteiger partial charge in [0.2, 0.25) is 0 Å². The zero-order valence-corrected chi connectivity index (χ0v) is 13.6. The Bertz CT molecular complexity index is 740. The van der Waals surface area contributed by atoms with Crippen LogP contribution in [0.4, 0.5) is 5.69 Å². The third-order valence-electron chi connectivity index (χ3n) is 4.39. The molecule has 24 heavy (non-hydrogen) atoms. The van der Waals surface area contributed by atoms with Crippen LogP contribution in [0.3, 0.4) is 0 Å². The van der Waals surface area contributed by atoms with Crippen LogP contribution >= 0.6 is 0 Å². The zero-order valence-electron chi connectivity index (χ0n) is 13.6. The molecule has 1 saturated heterocycles. The highest BCUT2D eigenvalue weighted by Crippen LogP contribution is 2.23. The number of nitrogens with two attached hydrogens (primary N) is 1. The van der Waals surface area contributed by atoms with Gasteiger partial charge in [-0.3, -0.25) is 9.59 Å². The molecule has 1 atom stereocenters. The predicted molar refractivity (Wildman–Crippen MR) is 91.0 cm³/mol. The number of nitrogens with one attached hydrogen (secondary N) is 1. The highest BCUT2D eigenvalue weighted by molar-refractivity contribution is 6.04. The fourth-order valence-electron chi connectivity index (χ4n) is 3.00. The molecule has 1 aromatic heterocycles. The van der Waals surface area contributed by atoms with Gasteiger partial charge in [-0.2, -0.15) is 0 Å². The number of hydrogen-bond acceptors (Lipinski definition) is 4. The minimum atomic E-state index is -0.339. The minimum Gasteiger partial charge on any atom is -0.459 e. The second kappa shape index (κ2) is 6.88. The molecule has 1 aliphatic rings. The Kier molecular flexibility index (Phi) is 4.66. The summed E-state index contributed by atoms with van der Waals surface area (Å²) in [5.41, 5.74) is 7.79. The van der Waals surface area contributed by atoms with Crippen molar-refractivity contribution in [2.24, 2.45) is 5.73 Å². The van der Waals surface area contributed by atoms with E-state index in [1.165, 1.54) is 6.26 Å². The molecule has 2 aromatic rings. The van der Waals surface area contributed by atoms with Crippen LogP contribution in [0.25, 0.3) is 0 Å². The highest BCUT2D eigenvalue weighted by Gasteiger charge is 2.28. The third-order valence-corrected chi connectivity index (χ3v) is 4.39. The number of nitrogens with zero attached hydrogens (tertiary/aromatic N) is 1. The van der Waals surface area contributed by atoms with Gasteiger partial charge in [0.25, 0.3) is 11.8 Å². The quantitative estimate of drug-likeness (QED) is 0.902. The van der Waals surface area contributed by atoms with Crippen LogP contribution in [0.5, 0.6) is 0 Å². The number of benzene rings is 1. The number of anilines is 1. The molecule has 6 heteroatoms. The highest BCUT2D eigenvalue weighted by atomic mass is 16.3. The number of carbonyl (C=O) groups excluding carboxylic acids is 2. The zero-order chi connectivity index (χ0) is 17.1. The van der Waals surface area contributed by atoms with Gasteiger partial charge in [0.05, 0.1) is 6.26 Å². The number of likely N-dealkylation sites (tertiary alicyclic amines) is 1. The Morgan fingerprint density at radius 2 is 2.21 bits per heavy atom. The Hall–Kier alpha value is -2.60. The summed E-state index contributed by atoms with van der Waals surface area (Å²) in [5.74, 6) is -0.154. The van der Waals surface area contributed by atoms with Gasteiger partial charge in [0, 0.05) is 30.4 Å². The number of hydrogen-bond donors (Lipinski definition) is 2. The normalized spacial score (nSPS) is 17.1. The molecule has 1 unspecified atom stereocenters. The lowest BCUT2D eigenvalue weighted by Crippen LogP contribution is -2.39. The number of rotatable bonds is 4. The smallest absolute Gasteiger partial charge is 0.291 e. The molecular formula is C18H21N3O3. The maximum Gasteiger partial charge on any atom is 0.291 e. The summed E-state index contributed by atoms with van der Waals surface area (Å²) in [5, 5.41) is 2.80. The molecule has 2 heterocycles. The minimum absolute atomic E-state index is 0.0450. The summed E-state index contributed by atoms with van der Waals surface area (Å²) in [7, 11) is 0. The van der Waals surface area contributed by atoms with Crippen LogP contribution in [0.15, 0.2) is 41.0 Å². The van der Waals surface area contributed by atoms with Crippen molar-refractivity contribution in [2.75, 3.05) is 18.4 Å². The summed E-state index contributed by atoms with van der Waals surface area (Å²) in [6.07, 6.45) is 3.36. The van der Waals surface area contributed by atoms with Gasteiger partial charge in [-0.15, -0.1) is 0 Å². The molecule has 3 rings (SSSR count). The van der Waals surface area contributed by atoms with Gasteiger partial charge >= 0.3 is 0 Å². The first kappa shape index (κ1) is 16.3. The lowest BCUT2D eigenvalue weighted by atomic mass is 10.1. The van der Waals surface area contributed by atoms with Crippen LogP contribution < -0.4 is 11.1 Å². The average molecular weight is 327 g/mol. The number of aryl methyl sites for hydroxylation is 1. The number of amides is 2. The van der Waals surface area contributed by atoms with Crippen molar-refractivity contribution in [2.45, 2.75) is 25.8 Å². The van der Waals surface area contributed by atoms with Gasteiger partial charge in [-0.25, -0.2) is 0 Å². The van der Waals surface area contributed by atoms with Crippen molar-refractivity contribution in [3.05, 3.63) is 53.5 Å². The molecule has 1 aliphatic heterocycles. The van der Waals surface area contributed by atoms with E-state index >= 15 is 0 Å². The molecule has 6 nitrogen and oxygen atoms in total. The van der Waals surface area contributed by atoms with Crippen LogP contribution in [0.2, 0.25) is 0 Å². The number of carbonyl (C=O) groups is 2. The fourth-order valence-corrected chi connectivity index (χ4v) is 3.00. The van der Waals surface area contributed by atoms with Gasteiger partial charge in [-0.05, 0) is 49.6 Å². The first-order valence-corrected chi connectivity index (χ1v) is 8.06. The monoisotopic (exact) mass is 327 g/mol. The Labute approximate surface area is 140 Å². The first-order valence-electron chi connectivity index (χ1n) is 8.06. The number of furan rings is 1. The van der Waals surface area contributed by atoms with E-state index in [1.54, 1.807) is 24.3 Å². The lowest BCUT2D eigenvalue weighted by Gasteiger charge is -2.24. The van der Waals surface area contributed by atoms with E-state index in [4.69, 9.17) is 10.2 Å². The van der Waals surface area contributed by atoms with E-state index in [0.717, 1.165) is 24.9 Å². The van der Waals surface area contributed by atoms with Gasteiger partial charge < -0.3 is 20.4 Å². The molecule has 0 spiro atoms. The van der Waals surface area contributed by atoms with Gasteiger partial charge in [-0.1, -0.05) is 6.07 Å². The molecule has 2 amide bonds. The van der Waals surface area contributed by atoms with E-state index in [1.807, 2.05) is 17.9 Å². The van der Waals surface area contributed by atoms with Crippen LogP contribution in [0.1, 0.15) is 39.3 Å². The second-order valence-electron chi connectivity index (χ2n) is 5.99. The van der Waals surface area contributed by atoms with Gasteiger partial charge in [0.1, 0.15) is 0 Å². The van der Waals surface area contributed by atoms with E-state index in [-0.39, 0.29) is 23.6 Å². The van der Waals surface area contributed by atoms with Crippen LogP contribution in [-0.4, -0.2) is 35.8 Å². The molecule has 0 radical (unpaired) electrons. The molecule has 1 fully saturated rings. The van der Waals surface area contributed by atoms with E-state index < -0.39 is 0 Å². The second-order valence-corrected chi connectivity index (χ2v) is 5.99. The van der Waals surface area contributed by atoms with Crippen molar-refractivity contribution >= 4 is 17.5 Å². The maximum absolute atomic E-state index is 12.7. The Balaban J connectivity index is 1.81. The average Bonchev–Trinajstić information content (AvgIpc) is 3.27. The van der Waals surface area contributed by atoms with Crippen molar-refractivity contribution < 1.29 is 14.0 Å². The van der Waals surface area contributed by atoms with Crippen LogP contribution in [-0.2, 0) is 0 Å². The lowest BCUT2D eigenvalue weighted by molar-refractivity contribution is 0.0741. The SMILES string of the molecule is Cc1ccc(C(=O)N2CCCC2CN)cc1NC(=O)c1ccco1. The fraction of sp³-hybridized carbons (Fsp3) is 0.333. The Morgan fingerprint density at radius 3 is 2.92 bits per heavy atom. The van der Waals surface area contributed by atoms with Crippen molar-refractivity contribution in [1.82, 2.24) is 4.90 Å². The third kappa shape index (κ3) is 3.19. The van der Waals surface area contributed by atoms with E-state index in [9.17, 15) is 9.59 Å². The first-order chi connectivity index (χ1) is 11.6. The summed E-state index contributed by atoms with van der Waals surface area (Å²) < 4.78 is 5.09. The largest absolute Gasteiger partial charge is 0.459 e. The molecule has 0 bridgehead atoms. The summed E-state index contributed by atoms with van der Waals surface area (Å²) >= 11 is 0. The predicted octanol–water partition coefficient (Wildman–Crippen LogP) is 2.40. The van der Waals surface area contributed by atoms with Gasteiger partial charge in [0.15, 0.2) is 5.76 Å². The van der Waals surface area contributed by atoms with Crippen molar-refractivity contribution in [3.8, 4) is 0 Å². The summed E-state index contributed by atoms with van der Waals surface area (Å²) in [6.45, 7) is 3.08. The molecule has 1 aromatic carbocycles. The summed E-state index contributed by atoms with van der Waals surface area (Å²) in [4.78, 5) is 26.7. The van der Waals surface area contributed by atoms with Crippen molar-refractivity contribution in [3.63, 3.8) is 0 Å². The summed E-state index contributed by atoms with van der Waals surface area (Å²) in [6, 6.07) is 8.67. The van der Waals surface area contributed by atoms with Crippen LogP contribution in [0, 0.1) is 6.92 Å². The topological polar surface area (TPSA) is 88.6 Å². The van der Waals surface area contributed by atoms with E-state index in [0.29, 0.717) is 17.8 Å². The van der Waals surface area contributed by atoms with E-state index in [2.05, 4.69) is 5.32 Å². The molecule has 126 valence electrons.